The van der Waals surface area contributed by atoms with Gasteiger partial charge in [0.25, 0.3) is 5.91 Å². The van der Waals surface area contributed by atoms with Gasteiger partial charge in [-0.3, -0.25) is 9.59 Å². The van der Waals surface area contributed by atoms with Crippen molar-refractivity contribution in [1.82, 2.24) is 5.32 Å². The van der Waals surface area contributed by atoms with Crippen LogP contribution in [0.1, 0.15) is 30.1 Å². The highest BCUT2D eigenvalue weighted by Crippen LogP contribution is 2.34. The van der Waals surface area contributed by atoms with E-state index in [9.17, 15) is 9.59 Å². The van der Waals surface area contributed by atoms with Crippen LogP contribution in [-0.2, 0) is 4.79 Å². The molecule has 0 fully saturated rings. The predicted molar refractivity (Wildman–Crippen MR) is 84.5 cm³/mol. The number of amides is 1. The lowest BCUT2D eigenvalue weighted by molar-refractivity contribution is -0.141. The number of hydrogen-bond donors (Lipinski definition) is 2. The second-order valence-corrected chi connectivity index (χ2v) is 4.94. The summed E-state index contributed by atoms with van der Waals surface area (Å²) in [7, 11) is 4.39. The van der Waals surface area contributed by atoms with E-state index >= 15 is 0 Å². The Morgan fingerprint density at radius 1 is 1.09 bits per heavy atom. The number of carboxylic acids is 1. The van der Waals surface area contributed by atoms with Crippen molar-refractivity contribution in [2.75, 3.05) is 27.9 Å². The van der Waals surface area contributed by atoms with E-state index < -0.39 is 17.8 Å². The minimum atomic E-state index is -0.925. The first kappa shape index (κ1) is 18.6. The summed E-state index contributed by atoms with van der Waals surface area (Å²) >= 11 is 0. The van der Waals surface area contributed by atoms with E-state index in [1.54, 1.807) is 6.07 Å². The molecule has 7 nitrogen and oxygen atoms in total. The highest BCUT2D eigenvalue weighted by atomic mass is 16.5. The van der Waals surface area contributed by atoms with E-state index in [1.165, 1.54) is 27.4 Å². The van der Waals surface area contributed by atoms with Gasteiger partial charge in [0.2, 0.25) is 0 Å². The van der Waals surface area contributed by atoms with Crippen LogP contribution in [0.2, 0.25) is 0 Å². The average molecular weight is 325 g/mol. The summed E-state index contributed by atoms with van der Waals surface area (Å²) < 4.78 is 15.5. The Morgan fingerprint density at radius 3 is 2.13 bits per heavy atom. The van der Waals surface area contributed by atoms with Crippen LogP contribution in [0.3, 0.4) is 0 Å². The number of hydrogen-bond acceptors (Lipinski definition) is 5. The van der Waals surface area contributed by atoms with Gasteiger partial charge in [0.05, 0.1) is 32.8 Å². The molecule has 2 N–H and O–H groups in total. The SMILES string of the molecule is CCCC(CNC(=O)c1cc(OC)c(OC)cc1OC)C(=O)O. The molecule has 0 aromatic heterocycles. The summed E-state index contributed by atoms with van der Waals surface area (Å²) in [5.74, 6) is -0.814. The maximum atomic E-state index is 12.3. The van der Waals surface area contributed by atoms with Crippen molar-refractivity contribution < 1.29 is 28.9 Å². The van der Waals surface area contributed by atoms with Crippen molar-refractivity contribution in [2.45, 2.75) is 19.8 Å². The van der Waals surface area contributed by atoms with Gasteiger partial charge in [0.1, 0.15) is 5.75 Å². The van der Waals surface area contributed by atoms with E-state index in [2.05, 4.69) is 5.32 Å². The molecule has 0 aliphatic heterocycles. The van der Waals surface area contributed by atoms with Gasteiger partial charge < -0.3 is 24.6 Å². The molecule has 1 amide bonds. The van der Waals surface area contributed by atoms with Crippen LogP contribution in [0.25, 0.3) is 0 Å². The summed E-state index contributed by atoms with van der Waals surface area (Å²) in [5, 5.41) is 11.8. The van der Waals surface area contributed by atoms with Crippen LogP contribution in [0, 0.1) is 5.92 Å². The lowest BCUT2D eigenvalue weighted by Gasteiger charge is -2.16. The summed E-state index contributed by atoms with van der Waals surface area (Å²) in [5.41, 5.74) is 0.255. The Hall–Kier alpha value is -2.44. The fourth-order valence-electron chi connectivity index (χ4n) is 2.18. The molecule has 0 saturated heterocycles. The Labute approximate surface area is 135 Å². The highest BCUT2D eigenvalue weighted by Gasteiger charge is 2.21. The van der Waals surface area contributed by atoms with Crippen LogP contribution in [0.5, 0.6) is 17.2 Å². The maximum absolute atomic E-state index is 12.3. The maximum Gasteiger partial charge on any atom is 0.308 e. The Morgan fingerprint density at radius 2 is 1.65 bits per heavy atom. The van der Waals surface area contributed by atoms with Crippen LogP contribution in [-0.4, -0.2) is 44.9 Å². The first-order chi connectivity index (χ1) is 11.0. The van der Waals surface area contributed by atoms with Gasteiger partial charge in [-0.05, 0) is 6.42 Å². The highest BCUT2D eigenvalue weighted by molar-refractivity contribution is 5.98. The molecular weight excluding hydrogens is 302 g/mol. The van der Waals surface area contributed by atoms with Gasteiger partial charge in [-0.25, -0.2) is 0 Å². The molecule has 1 unspecified atom stereocenters. The van der Waals surface area contributed by atoms with Gasteiger partial charge >= 0.3 is 5.97 Å². The van der Waals surface area contributed by atoms with Gasteiger partial charge in [-0.2, -0.15) is 0 Å². The molecule has 0 radical (unpaired) electrons. The minimum Gasteiger partial charge on any atom is -0.496 e. The number of methoxy groups -OCH3 is 3. The lowest BCUT2D eigenvalue weighted by atomic mass is 10.0. The standard InChI is InChI=1S/C16H23NO6/c1-5-6-10(16(19)20)9-17-15(18)11-7-13(22-3)14(23-4)8-12(11)21-2/h7-8,10H,5-6,9H2,1-4H3,(H,17,18)(H,19,20). The quantitative estimate of drug-likeness (QED) is 0.720. The van der Waals surface area contributed by atoms with Gasteiger partial charge in [-0.1, -0.05) is 13.3 Å². The zero-order valence-electron chi connectivity index (χ0n) is 13.8. The monoisotopic (exact) mass is 325 g/mol. The van der Waals surface area contributed by atoms with Gasteiger partial charge in [-0.15, -0.1) is 0 Å². The number of ether oxygens (including phenoxy) is 3. The van der Waals surface area contributed by atoms with Crippen molar-refractivity contribution in [3.63, 3.8) is 0 Å². The fraction of sp³-hybridized carbons (Fsp3) is 0.500. The smallest absolute Gasteiger partial charge is 0.308 e. The van der Waals surface area contributed by atoms with E-state index in [0.717, 1.165) is 6.42 Å². The summed E-state index contributed by atoms with van der Waals surface area (Å²) in [6, 6.07) is 3.05. The number of carboxylic acid groups (broad SMARTS) is 1. The Bertz CT molecular complexity index is 558. The van der Waals surface area contributed by atoms with Gasteiger partial charge in [0, 0.05) is 18.7 Å². The molecule has 0 heterocycles. The minimum absolute atomic E-state index is 0.0551. The third-order valence-electron chi connectivity index (χ3n) is 3.45. The van der Waals surface area contributed by atoms with Crippen molar-refractivity contribution in [2.24, 2.45) is 5.92 Å². The zero-order valence-corrected chi connectivity index (χ0v) is 13.8. The number of carbonyl (C=O) groups is 2. The second kappa shape index (κ2) is 8.87. The zero-order chi connectivity index (χ0) is 17.4. The molecule has 0 saturated carbocycles. The van der Waals surface area contributed by atoms with E-state index in [-0.39, 0.29) is 12.1 Å². The molecule has 7 heteroatoms. The molecule has 0 bridgehead atoms. The van der Waals surface area contributed by atoms with Gasteiger partial charge in [0.15, 0.2) is 11.5 Å². The van der Waals surface area contributed by atoms with Crippen molar-refractivity contribution in [3.05, 3.63) is 17.7 Å². The number of aliphatic carboxylic acids is 1. The molecule has 0 spiro atoms. The number of rotatable bonds is 9. The number of benzene rings is 1. The molecule has 1 aromatic carbocycles. The van der Waals surface area contributed by atoms with E-state index in [4.69, 9.17) is 19.3 Å². The topological polar surface area (TPSA) is 94.1 Å². The Kier molecular flexibility index (Phi) is 7.18. The first-order valence-electron chi connectivity index (χ1n) is 7.29. The second-order valence-electron chi connectivity index (χ2n) is 4.94. The fourth-order valence-corrected chi connectivity index (χ4v) is 2.18. The van der Waals surface area contributed by atoms with Crippen molar-refractivity contribution in [1.29, 1.82) is 0 Å². The summed E-state index contributed by atoms with van der Waals surface area (Å²) in [6.07, 6.45) is 1.23. The molecule has 0 aliphatic carbocycles. The average Bonchev–Trinajstić information content (AvgIpc) is 2.56. The van der Waals surface area contributed by atoms with Crippen LogP contribution in [0.15, 0.2) is 12.1 Å². The lowest BCUT2D eigenvalue weighted by Crippen LogP contribution is -2.33. The third kappa shape index (κ3) is 4.77. The molecule has 23 heavy (non-hydrogen) atoms. The third-order valence-corrected chi connectivity index (χ3v) is 3.45. The normalized spacial score (nSPS) is 11.5. The largest absolute Gasteiger partial charge is 0.496 e. The molecule has 1 aromatic rings. The molecular formula is C16H23NO6. The number of carbonyl (C=O) groups excluding carboxylic acids is 1. The molecule has 0 aliphatic rings. The van der Waals surface area contributed by atoms with E-state index in [1.807, 2.05) is 6.92 Å². The summed E-state index contributed by atoms with van der Waals surface area (Å²) in [6.45, 7) is 1.95. The van der Waals surface area contributed by atoms with E-state index in [0.29, 0.717) is 23.7 Å². The summed E-state index contributed by atoms with van der Waals surface area (Å²) in [4.78, 5) is 23.5. The molecule has 1 atom stereocenters. The number of nitrogens with one attached hydrogen (secondary N) is 1. The van der Waals surface area contributed by atoms with Crippen LogP contribution < -0.4 is 19.5 Å². The predicted octanol–water partition coefficient (Wildman–Crippen LogP) is 1.94. The Balaban J connectivity index is 2.96. The molecule has 128 valence electrons. The molecule has 1 rings (SSSR count). The van der Waals surface area contributed by atoms with Crippen molar-refractivity contribution in [3.8, 4) is 17.2 Å². The first-order valence-corrected chi connectivity index (χ1v) is 7.29. The van der Waals surface area contributed by atoms with Crippen LogP contribution in [0.4, 0.5) is 0 Å². The van der Waals surface area contributed by atoms with Crippen LogP contribution >= 0.6 is 0 Å². The van der Waals surface area contributed by atoms with Crippen molar-refractivity contribution >= 4 is 11.9 Å².